The molecule has 4 aromatic rings. The quantitative estimate of drug-likeness (QED) is 0.556. The minimum Gasteiger partial charge on any atom is -0.266 e. The molecule has 0 aliphatic heterocycles. The van der Waals surface area contributed by atoms with Crippen LogP contribution in [0.4, 0.5) is 0 Å². The van der Waals surface area contributed by atoms with Crippen LogP contribution in [0.1, 0.15) is 18.1 Å². The van der Waals surface area contributed by atoms with Gasteiger partial charge in [-0.2, -0.15) is 9.50 Å². The lowest BCUT2D eigenvalue weighted by Crippen LogP contribution is -2.23. The number of fused-ring (bicyclic) bond motifs is 1. The van der Waals surface area contributed by atoms with Crippen LogP contribution in [0.2, 0.25) is 5.02 Å². The Hall–Kier alpha value is -2.50. The van der Waals surface area contributed by atoms with Crippen LogP contribution in [-0.4, -0.2) is 14.6 Å². The summed E-state index contributed by atoms with van der Waals surface area (Å²) < 4.78 is 1.99. The fourth-order valence-corrected chi connectivity index (χ4v) is 3.59. The summed E-state index contributed by atoms with van der Waals surface area (Å²) in [5, 5.41) is 5.00. The van der Waals surface area contributed by atoms with Crippen LogP contribution in [0.25, 0.3) is 22.4 Å². The number of aryl methyl sites for hydroxylation is 1. The molecule has 4 nitrogen and oxygen atoms in total. The SMILES string of the molecule is CCc1ccc(C=c2sc3nc(-c4ccc(Cl)cc4)nn3c2=O)cc1. The van der Waals surface area contributed by atoms with Crippen LogP contribution >= 0.6 is 22.9 Å². The van der Waals surface area contributed by atoms with Gasteiger partial charge in [0.1, 0.15) is 0 Å². The molecule has 0 unspecified atom stereocenters. The van der Waals surface area contributed by atoms with Gasteiger partial charge in [0.15, 0.2) is 5.82 Å². The first-order chi connectivity index (χ1) is 12.1. The Morgan fingerprint density at radius 1 is 1.12 bits per heavy atom. The van der Waals surface area contributed by atoms with Crippen molar-refractivity contribution in [1.29, 1.82) is 0 Å². The van der Waals surface area contributed by atoms with Gasteiger partial charge in [-0.15, -0.1) is 5.10 Å². The fraction of sp³-hybridized carbons (Fsp3) is 0.105. The molecule has 124 valence electrons. The molecule has 2 heterocycles. The molecule has 2 aromatic heterocycles. The predicted molar refractivity (Wildman–Crippen MR) is 102 cm³/mol. The molecule has 0 radical (unpaired) electrons. The zero-order valence-corrected chi connectivity index (χ0v) is 15.0. The molecule has 2 aromatic carbocycles. The van der Waals surface area contributed by atoms with E-state index in [9.17, 15) is 4.79 Å². The zero-order valence-electron chi connectivity index (χ0n) is 13.4. The van der Waals surface area contributed by atoms with Crippen molar-refractivity contribution < 1.29 is 0 Å². The van der Waals surface area contributed by atoms with Gasteiger partial charge in [-0.25, -0.2) is 0 Å². The fourth-order valence-electron chi connectivity index (χ4n) is 2.56. The maximum Gasteiger partial charge on any atom is 0.291 e. The van der Waals surface area contributed by atoms with Crippen molar-refractivity contribution in [3.8, 4) is 11.4 Å². The van der Waals surface area contributed by atoms with Crippen molar-refractivity contribution in [1.82, 2.24) is 14.6 Å². The van der Waals surface area contributed by atoms with Crippen LogP contribution < -0.4 is 10.1 Å². The zero-order chi connectivity index (χ0) is 17.4. The van der Waals surface area contributed by atoms with E-state index in [2.05, 4.69) is 29.1 Å². The summed E-state index contributed by atoms with van der Waals surface area (Å²) in [7, 11) is 0. The Labute approximate surface area is 153 Å². The number of hydrogen-bond donors (Lipinski definition) is 0. The van der Waals surface area contributed by atoms with E-state index < -0.39 is 0 Å². The van der Waals surface area contributed by atoms with Crippen LogP contribution in [0.3, 0.4) is 0 Å². The summed E-state index contributed by atoms with van der Waals surface area (Å²) in [4.78, 5) is 17.6. The summed E-state index contributed by atoms with van der Waals surface area (Å²) in [5.41, 5.74) is 2.96. The van der Waals surface area contributed by atoms with Crippen molar-refractivity contribution in [2.45, 2.75) is 13.3 Å². The molecule has 0 spiro atoms. The first kappa shape index (κ1) is 16.0. The first-order valence-electron chi connectivity index (χ1n) is 7.90. The number of hydrogen-bond acceptors (Lipinski definition) is 4. The van der Waals surface area contributed by atoms with E-state index in [0.717, 1.165) is 17.5 Å². The second-order valence-electron chi connectivity index (χ2n) is 5.65. The normalized spacial score (nSPS) is 12.2. The van der Waals surface area contributed by atoms with Crippen LogP contribution in [-0.2, 0) is 6.42 Å². The van der Waals surface area contributed by atoms with E-state index in [1.54, 1.807) is 12.1 Å². The van der Waals surface area contributed by atoms with E-state index in [-0.39, 0.29) is 5.56 Å². The molecule has 0 amide bonds. The molecule has 25 heavy (non-hydrogen) atoms. The van der Waals surface area contributed by atoms with E-state index in [1.165, 1.54) is 21.4 Å². The molecule has 0 N–H and O–H groups in total. The van der Waals surface area contributed by atoms with Crippen LogP contribution in [0.5, 0.6) is 0 Å². The van der Waals surface area contributed by atoms with Crippen molar-refractivity contribution in [3.63, 3.8) is 0 Å². The second-order valence-corrected chi connectivity index (χ2v) is 7.09. The average Bonchev–Trinajstić information content (AvgIpc) is 3.16. The van der Waals surface area contributed by atoms with E-state index in [0.29, 0.717) is 20.3 Å². The summed E-state index contributed by atoms with van der Waals surface area (Å²) in [6.07, 6.45) is 2.88. The Kier molecular flexibility index (Phi) is 4.11. The minimum atomic E-state index is -0.146. The predicted octanol–water partition coefficient (Wildman–Crippen LogP) is 3.58. The van der Waals surface area contributed by atoms with Crippen LogP contribution in [0.15, 0.2) is 53.3 Å². The Morgan fingerprint density at radius 3 is 2.48 bits per heavy atom. The van der Waals surface area contributed by atoms with Gasteiger partial charge >= 0.3 is 0 Å². The molecular weight excluding hydrogens is 354 g/mol. The van der Waals surface area contributed by atoms with Crippen molar-refractivity contribution in [2.75, 3.05) is 0 Å². The van der Waals surface area contributed by atoms with Gasteiger partial charge in [0, 0.05) is 10.6 Å². The third-order valence-corrected chi connectivity index (χ3v) is 5.18. The molecule has 0 aliphatic carbocycles. The number of aromatic nitrogens is 3. The monoisotopic (exact) mass is 367 g/mol. The molecule has 0 atom stereocenters. The highest BCUT2D eigenvalue weighted by Crippen LogP contribution is 2.19. The van der Waals surface area contributed by atoms with Crippen LogP contribution in [0, 0.1) is 0 Å². The van der Waals surface area contributed by atoms with Gasteiger partial charge in [0.2, 0.25) is 4.96 Å². The average molecular weight is 368 g/mol. The lowest BCUT2D eigenvalue weighted by molar-refractivity contribution is 0.937. The summed E-state index contributed by atoms with van der Waals surface area (Å²) in [5.74, 6) is 0.527. The lowest BCUT2D eigenvalue weighted by Gasteiger charge is -1.96. The molecular formula is C19H14ClN3OS. The number of halogens is 1. The third-order valence-electron chi connectivity index (χ3n) is 3.97. The molecule has 6 heteroatoms. The number of benzene rings is 2. The molecule has 0 aliphatic rings. The topological polar surface area (TPSA) is 47.3 Å². The van der Waals surface area contributed by atoms with Crippen molar-refractivity contribution in [3.05, 3.63) is 79.6 Å². The standard InChI is InChI=1S/C19H14ClN3OS/c1-2-12-3-5-13(6-4-12)11-16-18(24)23-19(25-16)21-17(22-23)14-7-9-15(20)10-8-14/h3-11H,2H2,1H3. The van der Waals surface area contributed by atoms with Gasteiger partial charge in [0.25, 0.3) is 5.56 Å². The highest BCUT2D eigenvalue weighted by molar-refractivity contribution is 7.15. The molecule has 0 bridgehead atoms. The second kappa shape index (κ2) is 6.43. The Balaban J connectivity index is 1.76. The first-order valence-corrected chi connectivity index (χ1v) is 9.09. The van der Waals surface area contributed by atoms with Gasteiger partial charge < -0.3 is 0 Å². The van der Waals surface area contributed by atoms with E-state index in [4.69, 9.17) is 11.6 Å². The lowest BCUT2D eigenvalue weighted by atomic mass is 10.1. The molecule has 0 saturated carbocycles. The Morgan fingerprint density at radius 2 is 1.84 bits per heavy atom. The van der Waals surface area contributed by atoms with Gasteiger partial charge in [0.05, 0.1) is 4.53 Å². The summed E-state index contributed by atoms with van der Waals surface area (Å²) in [6, 6.07) is 15.4. The maximum atomic E-state index is 12.6. The highest BCUT2D eigenvalue weighted by Gasteiger charge is 2.11. The van der Waals surface area contributed by atoms with Crippen molar-refractivity contribution >= 4 is 34.0 Å². The number of thiazole rings is 1. The molecule has 0 fully saturated rings. The van der Waals surface area contributed by atoms with E-state index in [1.807, 2.05) is 30.3 Å². The number of rotatable bonds is 3. The minimum absolute atomic E-state index is 0.146. The third kappa shape index (κ3) is 3.08. The Bertz CT molecular complexity index is 1140. The van der Waals surface area contributed by atoms with Gasteiger partial charge in [-0.1, -0.05) is 54.1 Å². The smallest absolute Gasteiger partial charge is 0.266 e. The van der Waals surface area contributed by atoms with E-state index >= 15 is 0 Å². The summed E-state index contributed by atoms with van der Waals surface area (Å²) >= 11 is 7.24. The highest BCUT2D eigenvalue weighted by atomic mass is 35.5. The summed E-state index contributed by atoms with van der Waals surface area (Å²) in [6.45, 7) is 2.12. The van der Waals surface area contributed by atoms with Gasteiger partial charge in [-0.3, -0.25) is 4.79 Å². The molecule has 4 rings (SSSR count). The maximum absolute atomic E-state index is 12.6. The van der Waals surface area contributed by atoms with Crippen molar-refractivity contribution in [2.24, 2.45) is 0 Å². The number of nitrogens with zero attached hydrogens (tertiary/aromatic N) is 3. The van der Waals surface area contributed by atoms with Gasteiger partial charge in [-0.05, 0) is 47.9 Å². The largest absolute Gasteiger partial charge is 0.291 e. The molecule has 0 saturated heterocycles.